The molecule has 3 nitrogen and oxygen atoms in total. The lowest BCUT2D eigenvalue weighted by Gasteiger charge is -2.72. The molecule has 0 aromatic heterocycles. The predicted octanol–water partition coefficient (Wildman–Crippen LogP) is 7.09. The molecule has 2 N–H and O–H groups in total. The molecule has 5 fully saturated rings. The number of hydrogen-bond acceptors (Lipinski definition) is 2. The lowest BCUT2D eigenvalue weighted by molar-refractivity contribution is -0.248. The number of fused-ring (bicyclic) bond motifs is 7. The van der Waals surface area contributed by atoms with Gasteiger partial charge in [0.2, 0.25) is 0 Å². The second kappa shape index (κ2) is 7.11. The van der Waals surface area contributed by atoms with Gasteiger partial charge in [0.15, 0.2) is 0 Å². The molecule has 0 spiro atoms. The van der Waals surface area contributed by atoms with Crippen LogP contribution in [0.1, 0.15) is 106 Å². The molecule has 0 aromatic carbocycles. The van der Waals surface area contributed by atoms with Gasteiger partial charge in [-0.15, -0.1) is 0 Å². The van der Waals surface area contributed by atoms with Crippen LogP contribution >= 0.6 is 0 Å². The van der Waals surface area contributed by atoms with Gasteiger partial charge in [0, 0.05) is 0 Å². The van der Waals surface area contributed by atoms with Crippen molar-refractivity contribution >= 4 is 5.97 Å². The maximum Gasteiger partial charge on any atom is 0.309 e. The molecule has 186 valence electrons. The van der Waals surface area contributed by atoms with Crippen LogP contribution in [0.3, 0.4) is 0 Å². The zero-order valence-electron chi connectivity index (χ0n) is 22.0. The first-order valence-corrected chi connectivity index (χ1v) is 13.8. The van der Waals surface area contributed by atoms with Crippen molar-refractivity contribution in [3.63, 3.8) is 0 Å². The Morgan fingerprint density at radius 2 is 1.52 bits per heavy atom. The molecule has 0 aliphatic heterocycles. The minimum atomic E-state index is -0.538. The van der Waals surface area contributed by atoms with Crippen molar-refractivity contribution in [1.82, 2.24) is 0 Å². The van der Waals surface area contributed by atoms with E-state index in [1.54, 1.807) is 0 Å². The van der Waals surface area contributed by atoms with Gasteiger partial charge in [-0.3, -0.25) is 4.79 Å². The summed E-state index contributed by atoms with van der Waals surface area (Å²) in [6.07, 6.45) is 10.5. The number of aliphatic carboxylic acids is 1. The molecule has 0 aromatic rings. The van der Waals surface area contributed by atoms with E-state index in [1.807, 2.05) is 0 Å². The monoisotopic (exact) mass is 456 g/mol. The van der Waals surface area contributed by atoms with Crippen molar-refractivity contribution in [1.29, 1.82) is 0 Å². The van der Waals surface area contributed by atoms with Gasteiger partial charge in [-0.05, 0) is 122 Å². The third-order valence-corrected chi connectivity index (χ3v) is 13.5. The van der Waals surface area contributed by atoms with Crippen LogP contribution in [0.5, 0.6) is 0 Å². The summed E-state index contributed by atoms with van der Waals surface area (Å²) >= 11 is 0. The molecular weight excluding hydrogens is 408 g/mol. The highest BCUT2D eigenvalue weighted by Gasteiger charge is 2.71. The van der Waals surface area contributed by atoms with E-state index in [-0.39, 0.29) is 33.7 Å². The topological polar surface area (TPSA) is 57.5 Å². The Kier molecular flexibility index (Phi) is 5.15. The van der Waals surface area contributed by atoms with Crippen molar-refractivity contribution in [2.45, 2.75) is 112 Å². The van der Waals surface area contributed by atoms with E-state index in [0.29, 0.717) is 23.7 Å². The van der Waals surface area contributed by atoms with Crippen molar-refractivity contribution in [3.8, 4) is 0 Å². The molecule has 3 heteroatoms. The highest BCUT2D eigenvalue weighted by Crippen LogP contribution is 2.77. The van der Waals surface area contributed by atoms with Crippen LogP contribution in [-0.2, 0) is 4.79 Å². The summed E-state index contributed by atoms with van der Waals surface area (Å²) in [5.74, 6) is 1.79. The second-order valence-corrected chi connectivity index (χ2v) is 14.5. The number of aliphatic hydroxyl groups excluding tert-OH is 1. The first kappa shape index (κ1) is 23.9. The minimum Gasteiger partial charge on any atom is -0.481 e. The lowest BCUT2D eigenvalue weighted by atomic mass is 9.32. The average Bonchev–Trinajstić information content (AvgIpc) is 3.13. The molecule has 5 aliphatic rings. The quantitative estimate of drug-likeness (QED) is 0.436. The molecule has 33 heavy (non-hydrogen) atoms. The maximum absolute atomic E-state index is 12.8. The van der Waals surface area contributed by atoms with Crippen LogP contribution in [0.25, 0.3) is 0 Å². The summed E-state index contributed by atoms with van der Waals surface area (Å²) in [4.78, 5) is 12.8. The number of allylic oxidation sites excluding steroid dienone is 1. The number of carboxylic acid groups (broad SMARTS) is 1. The SMILES string of the molecule is C=C(C)[C@@H]1CC[C@]2(C(=O)O)CC[C@]3(C)[C@H](CC[C@@H]4[C@@]5(C)CC[C@H](O)C(C)(C)C5CC[C@]43C)[C@@H]12. The fourth-order valence-electron chi connectivity index (χ4n) is 11.5. The second-order valence-electron chi connectivity index (χ2n) is 14.5. The van der Waals surface area contributed by atoms with Crippen LogP contribution in [-0.4, -0.2) is 22.3 Å². The van der Waals surface area contributed by atoms with Crippen LogP contribution in [0.15, 0.2) is 12.2 Å². The van der Waals surface area contributed by atoms with Crippen LogP contribution < -0.4 is 0 Å². The van der Waals surface area contributed by atoms with Gasteiger partial charge in [0.25, 0.3) is 0 Å². The summed E-state index contributed by atoms with van der Waals surface area (Å²) in [5.41, 5.74) is 1.35. The minimum absolute atomic E-state index is 0.0202. The molecular formula is C30H48O3. The highest BCUT2D eigenvalue weighted by molar-refractivity contribution is 5.76. The molecule has 0 radical (unpaired) electrons. The summed E-state index contributed by atoms with van der Waals surface area (Å²) in [6, 6.07) is 0. The van der Waals surface area contributed by atoms with E-state index in [1.165, 1.54) is 31.3 Å². The van der Waals surface area contributed by atoms with Gasteiger partial charge in [0.05, 0.1) is 11.5 Å². The standard InChI is InChI=1S/C30H48O3/c1-18(2)19-10-15-30(25(32)33)17-16-28(6)20(24(19)30)8-9-22-27(5)13-12-23(31)26(3,4)21(27)11-14-29(22,28)7/h19-24,31H,1,8-17H2,2-7H3,(H,32,33)/t19-,20+,21?,22+,23-,24+,27-,28+,29+,30-/m0/s1. The number of carboxylic acids is 1. The molecule has 0 amide bonds. The van der Waals surface area contributed by atoms with Gasteiger partial charge in [-0.1, -0.05) is 46.8 Å². The number of carbonyl (C=O) groups is 1. The van der Waals surface area contributed by atoms with Gasteiger partial charge in [0.1, 0.15) is 0 Å². The smallest absolute Gasteiger partial charge is 0.309 e. The van der Waals surface area contributed by atoms with Crippen molar-refractivity contribution in [2.24, 2.45) is 56.7 Å². The van der Waals surface area contributed by atoms with Crippen LogP contribution in [0.2, 0.25) is 0 Å². The maximum atomic E-state index is 12.8. The van der Waals surface area contributed by atoms with E-state index < -0.39 is 11.4 Å². The molecule has 10 atom stereocenters. The number of hydrogen-bond donors (Lipinski definition) is 2. The lowest BCUT2D eigenvalue weighted by Crippen LogP contribution is -2.67. The largest absolute Gasteiger partial charge is 0.481 e. The first-order valence-electron chi connectivity index (χ1n) is 13.8. The van der Waals surface area contributed by atoms with Gasteiger partial charge < -0.3 is 10.2 Å². The van der Waals surface area contributed by atoms with Crippen molar-refractivity contribution in [2.75, 3.05) is 0 Å². The Morgan fingerprint density at radius 1 is 0.818 bits per heavy atom. The van der Waals surface area contributed by atoms with Crippen molar-refractivity contribution in [3.05, 3.63) is 12.2 Å². The molecule has 0 saturated heterocycles. The first-order chi connectivity index (χ1) is 15.3. The fraction of sp³-hybridized carbons (Fsp3) is 0.900. The summed E-state index contributed by atoms with van der Waals surface area (Å²) in [6.45, 7) is 18.8. The van der Waals surface area contributed by atoms with E-state index in [4.69, 9.17) is 0 Å². The van der Waals surface area contributed by atoms with E-state index in [2.05, 4.69) is 48.1 Å². The summed E-state index contributed by atoms with van der Waals surface area (Å²) in [5, 5.41) is 21.4. The van der Waals surface area contributed by atoms with E-state index >= 15 is 0 Å². The molecule has 5 aliphatic carbocycles. The van der Waals surface area contributed by atoms with Gasteiger partial charge in [-0.25, -0.2) is 0 Å². The normalized spacial score (nSPS) is 55.0. The third-order valence-electron chi connectivity index (χ3n) is 13.5. The summed E-state index contributed by atoms with van der Waals surface area (Å²) < 4.78 is 0. The molecule has 5 rings (SSSR count). The zero-order chi connectivity index (χ0) is 24.2. The van der Waals surface area contributed by atoms with E-state index in [9.17, 15) is 15.0 Å². The fourth-order valence-corrected chi connectivity index (χ4v) is 11.5. The predicted molar refractivity (Wildman–Crippen MR) is 133 cm³/mol. The Bertz CT molecular complexity index is 861. The van der Waals surface area contributed by atoms with Crippen LogP contribution in [0.4, 0.5) is 0 Å². The van der Waals surface area contributed by atoms with Gasteiger partial charge >= 0.3 is 5.97 Å². The number of rotatable bonds is 2. The zero-order valence-corrected chi connectivity index (χ0v) is 22.0. The Labute approximate surface area is 201 Å². The van der Waals surface area contributed by atoms with Crippen molar-refractivity contribution < 1.29 is 15.0 Å². The molecule has 5 saturated carbocycles. The number of aliphatic hydroxyl groups is 1. The molecule has 0 heterocycles. The average molecular weight is 457 g/mol. The highest BCUT2D eigenvalue weighted by atomic mass is 16.4. The molecule has 1 unspecified atom stereocenters. The van der Waals surface area contributed by atoms with E-state index in [0.717, 1.165) is 38.5 Å². The summed E-state index contributed by atoms with van der Waals surface area (Å²) in [7, 11) is 0. The van der Waals surface area contributed by atoms with Gasteiger partial charge in [-0.2, -0.15) is 0 Å². The Balaban J connectivity index is 1.57. The Hall–Kier alpha value is -0.830. The third kappa shape index (κ3) is 2.75. The van der Waals surface area contributed by atoms with Crippen LogP contribution in [0, 0.1) is 56.7 Å². The molecule has 0 bridgehead atoms. The Morgan fingerprint density at radius 3 is 2.15 bits per heavy atom.